The lowest BCUT2D eigenvalue weighted by Crippen LogP contribution is -2.42. The van der Waals surface area contributed by atoms with E-state index >= 15 is 8.78 Å². The van der Waals surface area contributed by atoms with E-state index in [4.69, 9.17) is 9.47 Å². The molecule has 0 N–H and O–H groups in total. The molecular weight excluding hydrogens is 518 g/mol. The zero-order chi connectivity index (χ0) is 28.3. The van der Waals surface area contributed by atoms with E-state index < -0.39 is 47.8 Å². The third-order valence-corrected chi connectivity index (χ3v) is 7.12. The molecule has 2 fully saturated rings. The van der Waals surface area contributed by atoms with Crippen LogP contribution in [0.3, 0.4) is 0 Å². The highest BCUT2D eigenvalue weighted by Crippen LogP contribution is 2.59. The number of aliphatic imine (C=N–C) groups is 1. The maximum Gasteiger partial charge on any atom is 0.416 e. The number of amides is 2. The Morgan fingerprint density at radius 1 is 0.975 bits per heavy atom. The van der Waals surface area contributed by atoms with Crippen molar-refractivity contribution < 1.29 is 32.6 Å². The number of nitrogens with zero attached hydrogens (tertiary/aromatic N) is 2. The van der Waals surface area contributed by atoms with E-state index in [1.165, 1.54) is 0 Å². The molecule has 3 aromatic rings. The maximum absolute atomic E-state index is 15.5. The fourth-order valence-electron chi connectivity index (χ4n) is 5.13. The number of hydrogen-bond acceptors (Lipinski definition) is 6. The minimum Gasteiger partial charge on any atom is -0.464 e. The Labute approximate surface area is 230 Å². The van der Waals surface area contributed by atoms with Crippen LogP contribution in [0.4, 0.5) is 13.6 Å². The fraction of sp³-hybridized carbons (Fsp3) is 0.290. The van der Waals surface area contributed by atoms with Crippen molar-refractivity contribution in [3.8, 4) is 0 Å². The number of esters is 1. The molecule has 0 aromatic heterocycles. The molecule has 1 heterocycles. The minimum absolute atomic E-state index is 0.0502. The van der Waals surface area contributed by atoms with Crippen LogP contribution in [0, 0.1) is 11.8 Å². The molecule has 206 valence electrons. The van der Waals surface area contributed by atoms with Crippen molar-refractivity contribution in [3.63, 3.8) is 0 Å². The summed E-state index contributed by atoms with van der Waals surface area (Å²) in [4.78, 5) is 44.4. The van der Waals surface area contributed by atoms with Gasteiger partial charge in [-0.05, 0) is 18.9 Å². The van der Waals surface area contributed by atoms with Crippen LogP contribution in [0.15, 0.2) is 96.0 Å². The van der Waals surface area contributed by atoms with E-state index in [1.807, 2.05) is 30.3 Å². The van der Waals surface area contributed by atoms with Gasteiger partial charge in [0.2, 0.25) is 5.91 Å². The van der Waals surface area contributed by atoms with Gasteiger partial charge in [-0.2, -0.15) is 0 Å². The largest absolute Gasteiger partial charge is 0.464 e. The Bertz CT molecular complexity index is 1360. The second-order valence-electron chi connectivity index (χ2n) is 9.71. The molecular formula is C31H28F2N2O5. The van der Waals surface area contributed by atoms with Gasteiger partial charge in [0.05, 0.1) is 24.3 Å². The van der Waals surface area contributed by atoms with Crippen molar-refractivity contribution in [3.05, 3.63) is 108 Å². The van der Waals surface area contributed by atoms with Crippen molar-refractivity contribution in [2.45, 2.75) is 31.4 Å². The topological polar surface area (TPSA) is 85.3 Å². The molecule has 1 aliphatic carbocycles. The van der Waals surface area contributed by atoms with Crippen molar-refractivity contribution >= 4 is 23.7 Å². The number of ether oxygens (including phenoxy) is 2. The first-order valence-corrected chi connectivity index (χ1v) is 13.1. The molecule has 2 aliphatic rings. The summed E-state index contributed by atoms with van der Waals surface area (Å²) in [7, 11) is 0. The number of benzene rings is 3. The summed E-state index contributed by atoms with van der Waals surface area (Å²) < 4.78 is 41.2. The van der Waals surface area contributed by atoms with Gasteiger partial charge in [-0.1, -0.05) is 91.0 Å². The SMILES string of the molecule is CCOC(=O)[C@H](N=C(c1ccccc1)c1ccccc1)[C@H]1[C@H](C(=O)N2C(=O)OC[C@@H]2Cc2ccccc2)C1(F)F. The Balaban J connectivity index is 1.49. The zero-order valence-electron chi connectivity index (χ0n) is 21.8. The summed E-state index contributed by atoms with van der Waals surface area (Å²) in [6, 6.07) is 24.4. The number of rotatable bonds is 9. The Morgan fingerprint density at radius 3 is 2.08 bits per heavy atom. The first-order valence-electron chi connectivity index (χ1n) is 13.1. The summed E-state index contributed by atoms with van der Waals surface area (Å²) in [6.45, 7) is 1.41. The maximum atomic E-state index is 15.5. The molecule has 9 heteroatoms. The number of halogens is 2. The van der Waals surface area contributed by atoms with Crippen molar-refractivity contribution in [2.24, 2.45) is 16.8 Å². The summed E-state index contributed by atoms with van der Waals surface area (Å²) in [5.74, 6) is -9.34. The summed E-state index contributed by atoms with van der Waals surface area (Å²) >= 11 is 0. The zero-order valence-corrected chi connectivity index (χ0v) is 21.8. The normalized spacial score (nSPS) is 21.7. The van der Waals surface area contributed by atoms with Crippen molar-refractivity contribution in [1.82, 2.24) is 4.90 Å². The molecule has 5 rings (SSSR count). The van der Waals surface area contributed by atoms with Gasteiger partial charge in [-0.3, -0.25) is 9.79 Å². The lowest BCUT2D eigenvalue weighted by Gasteiger charge is -2.20. The lowest BCUT2D eigenvalue weighted by molar-refractivity contribution is -0.145. The predicted molar refractivity (Wildman–Crippen MR) is 143 cm³/mol. The molecule has 1 aliphatic heterocycles. The van der Waals surface area contributed by atoms with Gasteiger partial charge in [-0.15, -0.1) is 0 Å². The lowest BCUT2D eigenvalue weighted by atomic mass is 10.0. The van der Waals surface area contributed by atoms with E-state index in [9.17, 15) is 14.4 Å². The van der Waals surface area contributed by atoms with Crippen LogP contribution in [0.1, 0.15) is 23.6 Å². The highest BCUT2D eigenvalue weighted by molar-refractivity contribution is 6.13. The van der Waals surface area contributed by atoms with E-state index in [2.05, 4.69) is 4.99 Å². The number of carbonyl (C=O) groups excluding carboxylic acids is 3. The second kappa shape index (κ2) is 11.4. The molecule has 0 radical (unpaired) electrons. The number of carbonyl (C=O) groups is 3. The minimum atomic E-state index is -3.59. The van der Waals surface area contributed by atoms with Crippen LogP contribution in [0.5, 0.6) is 0 Å². The number of hydrogen-bond donors (Lipinski definition) is 0. The molecule has 4 atom stereocenters. The van der Waals surface area contributed by atoms with Crippen LogP contribution < -0.4 is 0 Å². The third-order valence-electron chi connectivity index (χ3n) is 7.12. The first-order chi connectivity index (χ1) is 19.3. The number of alkyl halides is 2. The molecule has 2 amide bonds. The molecule has 0 unspecified atom stereocenters. The van der Waals surface area contributed by atoms with Crippen LogP contribution in [-0.2, 0) is 25.5 Å². The van der Waals surface area contributed by atoms with Crippen molar-refractivity contribution in [2.75, 3.05) is 13.2 Å². The summed E-state index contributed by atoms with van der Waals surface area (Å²) in [5, 5.41) is 0. The van der Waals surface area contributed by atoms with Crippen LogP contribution in [0.2, 0.25) is 0 Å². The molecule has 40 heavy (non-hydrogen) atoms. The quantitative estimate of drug-likeness (QED) is 0.281. The summed E-state index contributed by atoms with van der Waals surface area (Å²) in [6.07, 6.45) is -0.717. The van der Waals surface area contributed by atoms with E-state index in [0.29, 0.717) is 16.8 Å². The Hall–Kier alpha value is -4.40. The van der Waals surface area contributed by atoms with E-state index in [1.54, 1.807) is 67.6 Å². The highest BCUT2D eigenvalue weighted by atomic mass is 19.3. The number of cyclic esters (lactones) is 1. The molecule has 3 aromatic carbocycles. The highest BCUT2D eigenvalue weighted by Gasteiger charge is 2.77. The number of imide groups is 1. The molecule has 1 saturated heterocycles. The second-order valence-corrected chi connectivity index (χ2v) is 9.71. The van der Waals surface area contributed by atoms with Gasteiger partial charge in [0.1, 0.15) is 12.5 Å². The standard InChI is InChI=1S/C31H28F2N2O5/c1-2-39-29(37)27(34-26(21-14-8-4-9-15-21)22-16-10-5-11-17-22)24-25(31(24,32)33)28(36)35-23(19-40-30(35)38)18-20-12-6-3-7-13-20/h3-17,23-25,27H,2,18-19H2,1H3/t23-,24+,25+,27+/m0/s1. The van der Waals surface area contributed by atoms with Gasteiger partial charge >= 0.3 is 12.1 Å². The van der Waals surface area contributed by atoms with Gasteiger partial charge in [0, 0.05) is 11.1 Å². The molecule has 7 nitrogen and oxygen atoms in total. The first kappa shape index (κ1) is 27.2. The van der Waals surface area contributed by atoms with Crippen LogP contribution >= 0.6 is 0 Å². The Kier molecular flexibility index (Phi) is 7.73. The fourth-order valence-corrected chi connectivity index (χ4v) is 5.13. The van der Waals surface area contributed by atoms with Gasteiger partial charge in [0.25, 0.3) is 5.92 Å². The summed E-state index contributed by atoms with van der Waals surface area (Å²) in [5.41, 5.74) is 2.37. The van der Waals surface area contributed by atoms with Gasteiger partial charge < -0.3 is 9.47 Å². The van der Waals surface area contributed by atoms with Crippen LogP contribution in [-0.4, -0.2) is 59.8 Å². The van der Waals surface area contributed by atoms with Gasteiger partial charge in [0.15, 0.2) is 6.04 Å². The Morgan fingerprint density at radius 2 is 1.52 bits per heavy atom. The van der Waals surface area contributed by atoms with E-state index in [-0.39, 0.29) is 19.6 Å². The molecule has 0 spiro atoms. The van der Waals surface area contributed by atoms with Crippen LogP contribution in [0.25, 0.3) is 0 Å². The van der Waals surface area contributed by atoms with Crippen molar-refractivity contribution in [1.29, 1.82) is 0 Å². The average Bonchev–Trinajstić information content (AvgIpc) is 3.35. The average molecular weight is 547 g/mol. The monoisotopic (exact) mass is 546 g/mol. The molecule has 0 bridgehead atoms. The predicted octanol–water partition coefficient (Wildman–Crippen LogP) is 4.93. The molecule has 1 saturated carbocycles. The van der Waals surface area contributed by atoms with E-state index in [0.717, 1.165) is 10.5 Å². The third kappa shape index (κ3) is 5.36. The van der Waals surface area contributed by atoms with Gasteiger partial charge in [-0.25, -0.2) is 23.3 Å². The smallest absolute Gasteiger partial charge is 0.416 e.